The second-order valence-electron chi connectivity index (χ2n) is 5.88. The molecule has 1 aromatic heterocycles. The Morgan fingerprint density at radius 2 is 1.62 bits per heavy atom. The van der Waals surface area contributed by atoms with Gasteiger partial charge in [0.1, 0.15) is 6.61 Å². The van der Waals surface area contributed by atoms with E-state index in [4.69, 9.17) is 4.74 Å². The van der Waals surface area contributed by atoms with Crippen LogP contribution in [-0.2, 0) is 11.3 Å². The Bertz CT molecular complexity index is 586. The lowest BCUT2D eigenvalue weighted by Gasteiger charge is -2.19. The highest BCUT2D eigenvalue weighted by Gasteiger charge is 2.14. The molecule has 0 radical (unpaired) electrons. The molecule has 1 aromatic carbocycles. The topological polar surface area (TPSA) is 51.2 Å². The van der Waals surface area contributed by atoms with E-state index < -0.39 is 6.09 Å². The Morgan fingerprint density at radius 1 is 1.05 bits per heavy atom. The third-order valence-corrected chi connectivity index (χ3v) is 2.81. The molecule has 4 nitrogen and oxygen atoms in total. The highest BCUT2D eigenvalue weighted by Crippen LogP contribution is 2.18. The number of ether oxygens (including phenoxy) is 1. The fourth-order valence-electron chi connectivity index (χ4n) is 1.83. The van der Waals surface area contributed by atoms with Crippen LogP contribution in [0.25, 0.3) is 11.1 Å². The lowest BCUT2D eigenvalue weighted by Crippen LogP contribution is -2.40. The molecule has 2 rings (SSSR count). The number of hydrogen-bond acceptors (Lipinski definition) is 3. The van der Waals surface area contributed by atoms with E-state index in [2.05, 4.69) is 10.3 Å². The number of aromatic nitrogens is 1. The summed E-state index contributed by atoms with van der Waals surface area (Å²) in [6, 6.07) is 11.9. The van der Waals surface area contributed by atoms with Crippen molar-refractivity contribution >= 4 is 6.09 Å². The van der Waals surface area contributed by atoms with Gasteiger partial charge in [-0.25, -0.2) is 4.79 Å². The molecular weight excluding hydrogens is 264 g/mol. The Labute approximate surface area is 125 Å². The van der Waals surface area contributed by atoms with Crippen LogP contribution in [0.4, 0.5) is 4.79 Å². The maximum Gasteiger partial charge on any atom is 0.407 e. The number of carbonyl (C=O) groups excluding carboxylic acids is 1. The number of rotatable bonds is 3. The number of nitrogens with zero attached hydrogens (tertiary/aromatic N) is 1. The number of pyridine rings is 1. The monoisotopic (exact) mass is 284 g/mol. The molecule has 0 atom stereocenters. The normalized spacial score (nSPS) is 11.0. The summed E-state index contributed by atoms with van der Waals surface area (Å²) in [5.74, 6) is 0. The van der Waals surface area contributed by atoms with E-state index in [1.807, 2.05) is 57.2 Å². The van der Waals surface area contributed by atoms with Crippen molar-refractivity contribution in [3.63, 3.8) is 0 Å². The van der Waals surface area contributed by atoms with E-state index in [9.17, 15) is 4.79 Å². The van der Waals surface area contributed by atoms with Crippen LogP contribution < -0.4 is 5.32 Å². The van der Waals surface area contributed by atoms with Crippen molar-refractivity contribution in [1.29, 1.82) is 0 Å². The number of hydrogen-bond donors (Lipinski definition) is 1. The van der Waals surface area contributed by atoms with Crippen molar-refractivity contribution < 1.29 is 9.53 Å². The van der Waals surface area contributed by atoms with Crippen molar-refractivity contribution in [3.05, 3.63) is 54.4 Å². The zero-order valence-electron chi connectivity index (χ0n) is 12.6. The smallest absolute Gasteiger partial charge is 0.407 e. The molecule has 1 N–H and O–H groups in total. The van der Waals surface area contributed by atoms with E-state index in [0.717, 1.165) is 16.7 Å². The minimum absolute atomic E-state index is 0.262. The molecule has 21 heavy (non-hydrogen) atoms. The van der Waals surface area contributed by atoms with E-state index in [1.54, 1.807) is 12.4 Å². The van der Waals surface area contributed by atoms with Gasteiger partial charge in [-0.15, -0.1) is 0 Å². The number of nitrogens with one attached hydrogen (secondary N) is 1. The van der Waals surface area contributed by atoms with E-state index >= 15 is 0 Å². The Morgan fingerprint density at radius 3 is 2.19 bits per heavy atom. The summed E-state index contributed by atoms with van der Waals surface area (Å²) in [6.45, 7) is 6.01. The SMILES string of the molecule is CC(C)(C)NC(=O)OCc1ccc(-c2ccncc2)cc1. The summed E-state index contributed by atoms with van der Waals surface area (Å²) < 4.78 is 5.19. The zero-order valence-corrected chi connectivity index (χ0v) is 12.6. The van der Waals surface area contributed by atoms with Gasteiger partial charge >= 0.3 is 6.09 Å². The molecule has 0 aliphatic heterocycles. The Balaban J connectivity index is 1.93. The minimum atomic E-state index is -0.402. The molecular formula is C17H20N2O2. The lowest BCUT2D eigenvalue weighted by atomic mass is 10.1. The third-order valence-electron chi connectivity index (χ3n) is 2.81. The number of benzene rings is 1. The fourth-order valence-corrected chi connectivity index (χ4v) is 1.83. The van der Waals surface area contributed by atoms with Crippen LogP contribution in [0.5, 0.6) is 0 Å². The molecule has 1 amide bonds. The summed E-state index contributed by atoms with van der Waals surface area (Å²) >= 11 is 0. The van der Waals surface area contributed by atoms with Gasteiger partial charge in [-0.1, -0.05) is 24.3 Å². The van der Waals surface area contributed by atoms with Crippen molar-refractivity contribution in [3.8, 4) is 11.1 Å². The fraction of sp³-hybridized carbons (Fsp3) is 0.294. The first kappa shape index (κ1) is 15.0. The summed E-state index contributed by atoms with van der Waals surface area (Å²) in [5.41, 5.74) is 2.89. The van der Waals surface area contributed by atoms with Crippen molar-refractivity contribution in [1.82, 2.24) is 10.3 Å². The van der Waals surface area contributed by atoms with Gasteiger partial charge in [-0.05, 0) is 49.6 Å². The molecule has 1 heterocycles. The van der Waals surface area contributed by atoms with Crippen LogP contribution in [-0.4, -0.2) is 16.6 Å². The lowest BCUT2D eigenvalue weighted by molar-refractivity contribution is 0.131. The minimum Gasteiger partial charge on any atom is -0.445 e. The third kappa shape index (κ3) is 4.91. The van der Waals surface area contributed by atoms with Crippen molar-refractivity contribution in [2.45, 2.75) is 32.9 Å². The van der Waals surface area contributed by atoms with E-state index in [1.165, 1.54) is 0 Å². The predicted molar refractivity (Wildman–Crippen MR) is 82.7 cm³/mol. The van der Waals surface area contributed by atoms with Gasteiger partial charge in [0, 0.05) is 17.9 Å². The summed E-state index contributed by atoms with van der Waals surface area (Å²) in [6.07, 6.45) is 3.13. The van der Waals surface area contributed by atoms with E-state index in [-0.39, 0.29) is 12.1 Å². The second kappa shape index (κ2) is 6.39. The average Bonchev–Trinajstić information content (AvgIpc) is 2.45. The molecule has 4 heteroatoms. The zero-order chi connectivity index (χ0) is 15.3. The highest BCUT2D eigenvalue weighted by molar-refractivity contribution is 5.68. The summed E-state index contributed by atoms with van der Waals surface area (Å²) in [7, 11) is 0. The Kier molecular flexibility index (Phi) is 4.58. The van der Waals surface area contributed by atoms with E-state index in [0.29, 0.717) is 0 Å². The molecule has 0 fully saturated rings. The van der Waals surface area contributed by atoms with Crippen molar-refractivity contribution in [2.75, 3.05) is 0 Å². The Hall–Kier alpha value is -2.36. The largest absolute Gasteiger partial charge is 0.445 e. The maximum absolute atomic E-state index is 11.6. The first-order valence-corrected chi connectivity index (χ1v) is 6.88. The number of carbonyl (C=O) groups is 1. The summed E-state index contributed by atoms with van der Waals surface area (Å²) in [5, 5.41) is 2.76. The van der Waals surface area contributed by atoms with Gasteiger partial charge < -0.3 is 10.1 Å². The molecule has 0 unspecified atom stereocenters. The number of alkyl carbamates (subject to hydrolysis) is 1. The average molecular weight is 284 g/mol. The van der Waals surface area contributed by atoms with Gasteiger partial charge in [-0.3, -0.25) is 4.98 Å². The van der Waals surface area contributed by atoms with Crippen LogP contribution in [0.15, 0.2) is 48.8 Å². The number of amides is 1. The predicted octanol–water partition coefficient (Wildman–Crippen LogP) is 3.77. The molecule has 0 spiro atoms. The first-order chi connectivity index (χ1) is 9.94. The standard InChI is InChI=1S/C17H20N2O2/c1-17(2,3)19-16(20)21-12-13-4-6-14(7-5-13)15-8-10-18-11-9-15/h4-11H,12H2,1-3H3,(H,19,20). The van der Waals surface area contributed by atoms with Crippen LogP contribution in [0.2, 0.25) is 0 Å². The molecule has 0 bridgehead atoms. The van der Waals surface area contributed by atoms with Crippen molar-refractivity contribution in [2.24, 2.45) is 0 Å². The summed E-state index contributed by atoms with van der Waals surface area (Å²) in [4.78, 5) is 15.6. The quantitative estimate of drug-likeness (QED) is 0.933. The molecule has 2 aromatic rings. The van der Waals surface area contributed by atoms with Gasteiger partial charge in [0.05, 0.1) is 0 Å². The van der Waals surface area contributed by atoms with Crippen LogP contribution in [0.3, 0.4) is 0 Å². The first-order valence-electron chi connectivity index (χ1n) is 6.88. The van der Waals surface area contributed by atoms with Gasteiger partial charge in [-0.2, -0.15) is 0 Å². The van der Waals surface area contributed by atoms with Gasteiger partial charge in [0.15, 0.2) is 0 Å². The molecule has 0 aliphatic rings. The van der Waals surface area contributed by atoms with Crippen LogP contribution in [0, 0.1) is 0 Å². The second-order valence-corrected chi connectivity index (χ2v) is 5.88. The highest BCUT2D eigenvalue weighted by atomic mass is 16.5. The van der Waals surface area contributed by atoms with Gasteiger partial charge in [0.25, 0.3) is 0 Å². The molecule has 0 saturated carbocycles. The molecule has 110 valence electrons. The maximum atomic E-state index is 11.6. The van der Waals surface area contributed by atoms with Gasteiger partial charge in [0.2, 0.25) is 0 Å². The molecule has 0 aliphatic carbocycles. The van der Waals surface area contributed by atoms with Crippen LogP contribution >= 0.6 is 0 Å². The van der Waals surface area contributed by atoms with Crippen LogP contribution in [0.1, 0.15) is 26.3 Å². The molecule has 0 saturated heterocycles.